The Morgan fingerprint density at radius 1 is 1.23 bits per heavy atom. The lowest BCUT2D eigenvalue weighted by Crippen LogP contribution is -2.14. The van der Waals surface area contributed by atoms with Crippen molar-refractivity contribution in [2.75, 3.05) is 5.32 Å². The van der Waals surface area contributed by atoms with E-state index in [2.05, 4.69) is 10.3 Å². The second kappa shape index (κ2) is 7.37. The number of hydrogen-bond acceptors (Lipinski definition) is 5. The van der Waals surface area contributed by atoms with Crippen LogP contribution in [-0.2, 0) is 11.2 Å². The number of carbonyl (C=O) groups is 2. The molecule has 0 saturated heterocycles. The van der Waals surface area contributed by atoms with Crippen LogP contribution < -0.4 is 11.1 Å². The Morgan fingerprint density at radius 3 is 2.77 bits per heavy atom. The van der Waals surface area contributed by atoms with Gasteiger partial charge in [-0.25, -0.2) is 4.98 Å². The summed E-state index contributed by atoms with van der Waals surface area (Å²) in [6, 6.07) is 12.1. The van der Waals surface area contributed by atoms with Gasteiger partial charge < -0.3 is 16.2 Å². The monoisotopic (exact) mass is 367 g/mol. The van der Waals surface area contributed by atoms with Gasteiger partial charge in [-0.2, -0.15) is 0 Å². The van der Waals surface area contributed by atoms with Gasteiger partial charge in [-0.3, -0.25) is 9.59 Å². The van der Waals surface area contributed by atoms with Crippen molar-refractivity contribution >= 4 is 28.8 Å². The van der Waals surface area contributed by atoms with E-state index in [0.29, 0.717) is 16.3 Å². The van der Waals surface area contributed by atoms with Crippen LogP contribution in [0.15, 0.2) is 47.8 Å². The van der Waals surface area contributed by atoms with Gasteiger partial charge in [-0.1, -0.05) is 12.1 Å². The molecule has 1 aromatic heterocycles. The Morgan fingerprint density at radius 2 is 2.04 bits per heavy atom. The Balaban J connectivity index is 1.73. The number of thiazole rings is 1. The van der Waals surface area contributed by atoms with Gasteiger partial charge in [0.1, 0.15) is 10.8 Å². The van der Waals surface area contributed by atoms with E-state index < -0.39 is 5.91 Å². The number of phenols is 1. The highest BCUT2D eigenvalue weighted by Crippen LogP contribution is 2.27. The second-order valence-electron chi connectivity index (χ2n) is 5.82. The Bertz CT molecular complexity index is 982. The molecule has 0 bridgehead atoms. The minimum Gasteiger partial charge on any atom is -0.507 e. The third kappa shape index (κ3) is 4.07. The van der Waals surface area contributed by atoms with E-state index in [1.54, 1.807) is 11.4 Å². The third-order valence-corrected chi connectivity index (χ3v) is 4.57. The highest BCUT2D eigenvalue weighted by atomic mass is 32.1. The lowest BCUT2D eigenvalue weighted by Gasteiger charge is -2.05. The number of nitrogens with one attached hydrogen (secondary N) is 1. The van der Waals surface area contributed by atoms with Crippen molar-refractivity contribution in [1.82, 2.24) is 4.98 Å². The van der Waals surface area contributed by atoms with Crippen LogP contribution in [0.3, 0.4) is 0 Å². The van der Waals surface area contributed by atoms with Gasteiger partial charge in [0.2, 0.25) is 5.91 Å². The van der Waals surface area contributed by atoms with Gasteiger partial charge in [0.05, 0.1) is 17.7 Å². The topological polar surface area (TPSA) is 105 Å². The number of primary amides is 1. The minimum atomic E-state index is -0.711. The number of aromatic nitrogens is 1. The van der Waals surface area contributed by atoms with E-state index in [-0.39, 0.29) is 23.6 Å². The van der Waals surface area contributed by atoms with Crippen molar-refractivity contribution < 1.29 is 14.7 Å². The summed E-state index contributed by atoms with van der Waals surface area (Å²) in [6.45, 7) is 1.96. The number of benzene rings is 2. The molecular formula is C19H17N3O3S. The zero-order valence-corrected chi connectivity index (χ0v) is 14.8. The largest absolute Gasteiger partial charge is 0.507 e. The molecule has 0 radical (unpaired) electrons. The van der Waals surface area contributed by atoms with E-state index >= 15 is 0 Å². The lowest BCUT2D eigenvalue weighted by molar-refractivity contribution is -0.115. The molecule has 0 aliphatic rings. The molecule has 0 fully saturated rings. The molecule has 7 heteroatoms. The van der Waals surface area contributed by atoms with E-state index in [1.807, 2.05) is 31.2 Å². The quantitative estimate of drug-likeness (QED) is 0.644. The molecule has 3 aromatic rings. The standard InChI is InChI=1S/C19H17N3O3S/c1-11-3-2-4-13(7-11)21-17(24)9-18-22-15(10-26-18)12-5-6-16(23)14(8-12)19(20)25/h2-8,10,23H,9H2,1H3,(H2,20,25)(H,21,24). The van der Waals surface area contributed by atoms with E-state index in [9.17, 15) is 14.7 Å². The average molecular weight is 367 g/mol. The molecule has 2 aromatic carbocycles. The second-order valence-corrected chi connectivity index (χ2v) is 6.76. The molecule has 0 aliphatic carbocycles. The first-order valence-electron chi connectivity index (χ1n) is 7.86. The summed E-state index contributed by atoms with van der Waals surface area (Å²) < 4.78 is 0. The molecule has 4 N–H and O–H groups in total. The van der Waals surface area contributed by atoms with Gasteiger partial charge in [0.15, 0.2) is 0 Å². The average Bonchev–Trinajstić information content (AvgIpc) is 3.03. The fourth-order valence-corrected chi connectivity index (χ4v) is 3.28. The molecule has 3 rings (SSSR count). The van der Waals surface area contributed by atoms with Crippen molar-refractivity contribution in [3.05, 3.63) is 64.0 Å². The maximum absolute atomic E-state index is 12.2. The summed E-state index contributed by atoms with van der Waals surface area (Å²) in [5.41, 5.74) is 8.37. The van der Waals surface area contributed by atoms with Crippen LogP contribution in [0.5, 0.6) is 5.75 Å². The minimum absolute atomic E-state index is 0.0363. The van der Waals surface area contributed by atoms with Crippen LogP contribution in [0, 0.1) is 6.92 Å². The number of anilines is 1. The Labute approximate surface area is 154 Å². The fraction of sp³-hybridized carbons (Fsp3) is 0.105. The van der Waals surface area contributed by atoms with Crippen LogP contribution in [0.4, 0.5) is 5.69 Å². The number of aryl methyl sites for hydroxylation is 1. The van der Waals surface area contributed by atoms with Gasteiger partial charge >= 0.3 is 0 Å². The normalized spacial score (nSPS) is 10.5. The number of hydrogen-bond donors (Lipinski definition) is 3. The molecule has 0 spiro atoms. The van der Waals surface area contributed by atoms with Crippen LogP contribution >= 0.6 is 11.3 Å². The molecule has 26 heavy (non-hydrogen) atoms. The first-order valence-corrected chi connectivity index (χ1v) is 8.74. The third-order valence-electron chi connectivity index (χ3n) is 3.72. The first kappa shape index (κ1) is 17.6. The summed E-state index contributed by atoms with van der Waals surface area (Å²) in [5.74, 6) is -1.04. The van der Waals surface area contributed by atoms with E-state index in [0.717, 1.165) is 11.3 Å². The molecule has 0 unspecified atom stereocenters. The summed E-state index contributed by atoms with van der Waals surface area (Å²) in [5, 5.41) is 15.0. The van der Waals surface area contributed by atoms with Crippen molar-refractivity contribution in [1.29, 1.82) is 0 Å². The van der Waals surface area contributed by atoms with Gasteiger partial charge in [-0.05, 0) is 42.8 Å². The zero-order chi connectivity index (χ0) is 18.7. The fourth-order valence-electron chi connectivity index (χ4n) is 2.48. The number of nitrogens with zero attached hydrogens (tertiary/aromatic N) is 1. The van der Waals surface area contributed by atoms with Crippen molar-refractivity contribution in [3.8, 4) is 17.0 Å². The maximum Gasteiger partial charge on any atom is 0.252 e. The lowest BCUT2D eigenvalue weighted by atomic mass is 10.1. The number of carbonyl (C=O) groups excluding carboxylic acids is 2. The maximum atomic E-state index is 12.2. The highest BCUT2D eigenvalue weighted by Gasteiger charge is 2.13. The molecule has 132 valence electrons. The van der Waals surface area contributed by atoms with Crippen LogP contribution in [0.25, 0.3) is 11.3 Å². The summed E-state index contributed by atoms with van der Waals surface area (Å²) >= 11 is 1.35. The Hall–Kier alpha value is -3.19. The summed E-state index contributed by atoms with van der Waals surface area (Å²) in [6.07, 6.45) is 0.152. The van der Waals surface area contributed by atoms with Crippen molar-refractivity contribution in [3.63, 3.8) is 0 Å². The number of aromatic hydroxyl groups is 1. The van der Waals surface area contributed by atoms with Crippen LogP contribution in [0.1, 0.15) is 20.9 Å². The van der Waals surface area contributed by atoms with Gasteiger partial charge in [0.25, 0.3) is 5.91 Å². The number of amides is 2. The predicted molar refractivity (Wildman–Crippen MR) is 101 cm³/mol. The van der Waals surface area contributed by atoms with Gasteiger partial charge in [-0.15, -0.1) is 11.3 Å². The molecule has 6 nitrogen and oxygen atoms in total. The molecule has 1 heterocycles. The zero-order valence-electron chi connectivity index (χ0n) is 14.0. The van der Waals surface area contributed by atoms with E-state index in [4.69, 9.17) is 5.73 Å². The SMILES string of the molecule is Cc1cccc(NC(=O)Cc2nc(-c3ccc(O)c(C(N)=O)c3)cs2)c1. The number of rotatable bonds is 5. The molecular weight excluding hydrogens is 350 g/mol. The smallest absolute Gasteiger partial charge is 0.252 e. The summed E-state index contributed by atoms with van der Waals surface area (Å²) in [4.78, 5) is 28.0. The molecule has 0 saturated carbocycles. The van der Waals surface area contributed by atoms with Gasteiger partial charge in [0, 0.05) is 16.6 Å². The van der Waals surface area contributed by atoms with E-state index in [1.165, 1.54) is 23.5 Å². The first-order chi connectivity index (χ1) is 12.4. The van der Waals surface area contributed by atoms with Crippen LogP contribution in [-0.4, -0.2) is 21.9 Å². The summed E-state index contributed by atoms with van der Waals surface area (Å²) in [7, 11) is 0. The molecule has 2 amide bonds. The highest BCUT2D eigenvalue weighted by molar-refractivity contribution is 7.10. The molecule has 0 aliphatic heterocycles. The molecule has 0 atom stereocenters. The van der Waals surface area contributed by atoms with Crippen molar-refractivity contribution in [2.24, 2.45) is 5.73 Å². The number of nitrogens with two attached hydrogens (primary N) is 1. The van der Waals surface area contributed by atoms with Crippen molar-refractivity contribution in [2.45, 2.75) is 13.3 Å². The predicted octanol–water partition coefficient (Wildman–Crippen LogP) is 3.10. The van der Waals surface area contributed by atoms with Crippen LogP contribution in [0.2, 0.25) is 0 Å². The Kier molecular flexibility index (Phi) is 4.99.